The van der Waals surface area contributed by atoms with E-state index in [2.05, 4.69) is 6.92 Å². The second-order valence-corrected chi connectivity index (χ2v) is 6.25. The minimum absolute atomic E-state index is 0.0456. The maximum Gasteiger partial charge on any atom is 0.303 e. The minimum atomic E-state index is -0.660. The average Bonchev–Trinajstić information content (AvgIpc) is 2.73. The molecule has 3 N–H and O–H groups in total. The molecule has 0 amide bonds. The minimum Gasteiger partial charge on any atom is -0.481 e. The Hall–Kier alpha value is -0.570. The first-order valence-corrected chi connectivity index (χ1v) is 6.52. The first kappa shape index (κ1) is 10.6. The molecule has 0 radical (unpaired) electrons. The third-order valence-corrected chi connectivity index (χ3v) is 5.93. The van der Waals surface area contributed by atoms with Gasteiger partial charge < -0.3 is 10.8 Å². The maximum absolute atomic E-state index is 11.1. The summed E-state index contributed by atoms with van der Waals surface area (Å²) in [5.74, 6) is 3.06. The number of rotatable bonds is 3. The lowest BCUT2D eigenvalue weighted by Crippen LogP contribution is -2.58. The summed E-state index contributed by atoms with van der Waals surface area (Å²) in [5.41, 5.74) is 5.89. The fraction of sp³-hybridized carbons (Fsp3) is 0.923. The summed E-state index contributed by atoms with van der Waals surface area (Å²) < 4.78 is 0. The quantitative estimate of drug-likeness (QED) is 0.765. The molecule has 0 heterocycles. The van der Waals surface area contributed by atoms with Crippen molar-refractivity contribution in [1.82, 2.24) is 0 Å². The average molecular weight is 223 g/mol. The van der Waals surface area contributed by atoms with Crippen LogP contribution in [0, 0.1) is 35.0 Å². The van der Waals surface area contributed by atoms with E-state index < -0.39 is 5.97 Å². The Morgan fingerprint density at radius 1 is 1.44 bits per heavy atom. The third kappa shape index (κ3) is 1.05. The lowest BCUT2D eigenvalue weighted by molar-refractivity contribution is -0.153. The Labute approximate surface area is 96.4 Å². The number of carboxylic acid groups (broad SMARTS) is 1. The predicted molar refractivity (Wildman–Crippen MR) is 60.7 cm³/mol. The standard InChI is InChI=1S/C13H21NO2/c1-7-4-10-12-8(7)2-3-9(12)13(10,6-14)5-11(15)16/h7-10,12H,2-6,14H2,1H3,(H,15,16)/t7?,8-,9-,10+,12+,13-/m0/s1. The summed E-state index contributed by atoms with van der Waals surface area (Å²) in [5, 5.41) is 9.10. The van der Waals surface area contributed by atoms with E-state index in [1.807, 2.05) is 0 Å². The van der Waals surface area contributed by atoms with Crippen LogP contribution in [0.5, 0.6) is 0 Å². The van der Waals surface area contributed by atoms with Gasteiger partial charge in [-0.25, -0.2) is 0 Å². The second kappa shape index (κ2) is 3.22. The smallest absolute Gasteiger partial charge is 0.303 e. The molecule has 3 aliphatic carbocycles. The van der Waals surface area contributed by atoms with Gasteiger partial charge in [0.25, 0.3) is 0 Å². The summed E-state index contributed by atoms with van der Waals surface area (Å²) in [4.78, 5) is 11.1. The molecule has 90 valence electrons. The number of carboxylic acids is 1. The molecule has 0 aliphatic heterocycles. The zero-order valence-electron chi connectivity index (χ0n) is 9.86. The largest absolute Gasteiger partial charge is 0.481 e. The van der Waals surface area contributed by atoms with Crippen molar-refractivity contribution in [3.8, 4) is 0 Å². The second-order valence-electron chi connectivity index (χ2n) is 6.25. The van der Waals surface area contributed by atoms with E-state index in [0.29, 0.717) is 24.8 Å². The molecule has 0 saturated heterocycles. The van der Waals surface area contributed by atoms with Crippen molar-refractivity contribution in [1.29, 1.82) is 0 Å². The zero-order valence-corrected chi connectivity index (χ0v) is 9.86. The fourth-order valence-electron chi connectivity index (χ4n) is 5.39. The van der Waals surface area contributed by atoms with Crippen LogP contribution in [0.4, 0.5) is 0 Å². The highest BCUT2D eigenvalue weighted by Crippen LogP contribution is 2.72. The molecule has 0 aromatic carbocycles. The highest BCUT2D eigenvalue weighted by Gasteiger charge is 2.68. The van der Waals surface area contributed by atoms with Gasteiger partial charge in [-0.2, -0.15) is 0 Å². The molecule has 3 saturated carbocycles. The van der Waals surface area contributed by atoms with E-state index in [9.17, 15) is 4.79 Å². The molecule has 3 fully saturated rings. The number of carbonyl (C=O) groups is 1. The summed E-state index contributed by atoms with van der Waals surface area (Å²) in [6, 6.07) is 0. The Morgan fingerprint density at radius 3 is 2.81 bits per heavy atom. The molecule has 0 bridgehead atoms. The summed E-state index contributed by atoms with van der Waals surface area (Å²) in [6.45, 7) is 2.91. The van der Waals surface area contributed by atoms with Gasteiger partial charge >= 0.3 is 5.97 Å². The van der Waals surface area contributed by atoms with Crippen LogP contribution in [0.1, 0.15) is 32.6 Å². The highest BCUT2D eigenvalue weighted by atomic mass is 16.4. The Kier molecular flexibility index (Phi) is 2.13. The van der Waals surface area contributed by atoms with Gasteiger partial charge in [-0.3, -0.25) is 4.79 Å². The molecule has 3 rings (SSSR count). The van der Waals surface area contributed by atoms with Crippen molar-refractivity contribution < 1.29 is 9.90 Å². The molecule has 6 atom stereocenters. The maximum atomic E-state index is 11.1. The van der Waals surface area contributed by atoms with Crippen molar-refractivity contribution in [2.75, 3.05) is 6.54 Å². The molecule has 0 aromatic rings. The van der Waals surface area contributed by atoms with E-state index in [0.717, 1.165) is 17.8 Å². The molecule has 16 heavy (non-hydrogen) atoms. The fourth-order valence-corrected chi connectivity index (χ4v) is 5.39. The van der Waals surface area contributed by atoms with Crippen LogP contribution in [0.2, 0.25) is 0 Å². The predicted octanol–water partition coefficient (Wildman–Crippen LogP) is 1.72. The van der Waals surface area contributed by atoms with Crippen LogP contribution in [0.25, 0.3) is 0 Å². The monoisotopic (exact) mass is 223 g/mol. The Morgan fingerprint density at radius 2 is 2.19 bits per heavy atom. The van der Waals surface area contributed by atoms with Crippen molar-refractivity contribution >= 4 is 5.97 Å². The van der Waals surface area contributed by atoms with Crippen LogP contribution in [0.15, 0.2) is 0 Å². The first-order valence-electron chi connectivity index (χ1n) is 6.52. The normalized spacial score (nSPS) is 53.5. The van der Waals surface area contributed by atoms with Crippen LogP contribution < -0.4 is 5.73 Å². The SMILES string of the molecule is CC1C[C@@H]2[C@@H]3[C@H]1CC[C@@H]3[C@@]2(CN)CC(=O)O. The van der Waals surface area contributed by atoms with Crippen molar-refractivity contribution in [3.63, 3.8) is 0 Å². The zero-order chi connectivity index (χ0) is 11.5. The van der Waals surface area contributed by atoms with Crippen LogP contribution >= 0.6 is 0 Å². The first-order chi connectivity index (χ1) is 7.60. The molecular formula is C13H21NO2. The molecule has 0 spiro atoms. The Balaban J connectivity index is 1.89. The van der Waals surface area contributed by atoms with Gasteiger partial charge in [0.05, 0.1) is 6.42 Å². The number of hydrogen-bond donors (Lipinski definition) is 2. The third-order valence-electron chi connectivity index (χ3n) is 5.93. The number of nitrogens with two attached hydrogens (primary N) is 1. The summed E-state index contributed by atoms with van der Waals surface area (Å²) >= 11 is 0. The van der Waals surface area contributed by atoms with Crippen LogP contribution in [-0.4, -0.2) is 17.6 Å². The van der Waals surface area contributed by atoms with E-state index in [4.69, 9.17) is 10.8 Å². The van der Waals surface area contributed by atoms with E-state index >= 15 is 0 Å². The van der Waals surface area contributed by atoms with E-state index in [-0.39, 0.29) is 5.41 Å². The molecular weight excluding hydrogens is 202 g/mol. The van der Waals surface area contributed by atoms with Crippen molar-refractivity contribution in [2.45, 2.75) is 32.6 Å². The van der Waals surface area contributed by atoms with Gasteiger partial charge in [0.15, 0.2) is 0 Å². The van der Waals surface area contributed by atoms with Gasteiger partial charge in [0, 0.05) is 0 Å². The van der Waals surface area contributed by atoms with E-state index in [1.165, 1.54) is 19.3 Å². The van der Waals surface area contributed by atoms with Gasteiger partial charge in [-0.15, -0.1) is 0 Å². The topological polar surface area (TPSA) is 63.3 Å². The summed E-state index contributed by atoms with van der Waals surface area (Å²) in [7, 11) is 0. The highest BCUT2D eigenvalue weighted by molar-refractivity contribution is 5.68. The lowest BCUT2D eigenvalue weighted by atomic mass is 9.47. The summed E-state index contributed by atoms with van der Waals surface area (Å²) in [6.07, 6.45) is 4.06. The molecule has 0 aromatic heterocycles. The van der Waals surface area contributed by atoms with Gasteiger partial charge in [0.2, 0.25) is 0 Å². The van der Waals surface area contributed by atoms with Crippen LogP contribution in [0.3, 0.4) is 0 Å². The van der Waals surface area contributed by atoms with Gasteiger partial charge in [-0.05, 0) is 60.8 Å². The Bertz CT molecular complexity index is 330. The number of aliphatic carboxylic acids is 1. The van der Waals surface area contributed by atoms with Gasteiger partial charge in [0.1, 0.15) is 0 Å². The van der Waals surface area contributed by atoms with Crippen molar-refractivity contribution in [3.05, 3.63) is 0 Å². The van der Waals surface area contributed by atoms with E-state index in [1.54, 1.807) is 0 Å². The number of hydrogen-bond acceptors (Lipinski definition) is 2. The van der Waals surface area contributed by atoms with Crippen LogP contribution in [-0.2, 0) is 4.79 Å². The molecule has 3 aliphatic rings. The van der Waals surface area contributed by atoms with Gasteiger partial charge in [-0.1, -0.05) is 6.92 Å². The lowest BCUT2D eigenvalue weighted by Gasteiger charge is -2.57. The molecule has 1 unspecified atom stereocenters. The molecule has 3 nitrogen and oxygen atoms in total. The van der Waals surface area contributed by atoms with Crippen molar-refractivity contribution in [2.24, 2.45) is 40.7 Å². The molecule has 3 heteroatoms.